The van der Waals surface area contributed by atoms with E-state index in [4.69, 9.17) is 15.0 Å². The van der Waals surface area contributed by atoms with Crippen LogP contribution in [0.15, 0.2) is 11.0 Å². The number of sulfonamides is 1. The van der Waals surface area contributed by atoms with Gasteiger partial charge in [-0.25, -0.2) is 13.6 Å². The second-order valence-corrected chi connectivity index (χ2v) is 6.54. The first-order valence-electron chi connectivity index (χ1n) is 6.62. The summed E-state index contributed by atoms with van der Waals surface area (Å²) in [6.45, 7) is 5.62. The van der Waals surface area contributed by atoms with Crippen molar-refractivity contribution in [2.45, 2.75) is 44.9 Å². The topological polar surface area (TPSA) is 107 Å². The van der Waals surface area contributed by atoms with Crippen molar-refractivity contribution < 1.29 is 23.1 Å². The van der Waals surface area contributed by atoms with Crippen molar-refractivity contribution in [3.05, 3.63) is 22.8 Å². The lowest BCUT2D eigenvalue weighted by atomic mass is 10.1. The van der Waals surface area contributed by atoms with E-state index in [9.17, 15) is 13.2 Å². The lowest BCUT2D eigenvalue weighted by Crippen LogP contribution is -2.15. The Morgan fingerprint density at radius 2 is 1.86 bits per heavy atom. The van der Waals surface area contributed by atoms with Crippen LogP contribution in [0, 0.1) is 20.8 Å². The van der Waals surface area contributed by atoms with Gasteiger partial charge in [-0.05, 0) is 56.4 Å². The van der Waals surface area contributed by atoms with E-state index in [1.54, 1.807) is 20.8 Å². The zero-order chi connectivity index (χ0) is 16.2. The number of carboxylic acid groups (broad SMARTS) is 1. The molecule has 6 nitrogen and oxygen atoms in total. The molecule has 0 saturated carbocycles. The Hall–Kier alpha value is -1.60. The van der Waals surface area contributed by atoms with Crippen LogP contribution in [0.4, 0.5) is 0 Å². The average Bonchev–Trinajstić information content (AvgIpc) is 2.35. The van der Waals surface area contributed by atoms with Crippen LogP contribution in [0.2, 0.25) is 0 Å². The van der Waals surface area contributed by atoms with Crippen molar-refractivity contribution >= 4 is 16.0 Å². The van der Waals surface area contributed by atoms with Crippen molar-refractivity contribution in [2.24, 2.45) is 5.14 Å². The normalized spacial score (nSPS) is 11.4. The van der Waals surface area contributed by atoms with Crippen LogP contribution in [-0.2, 0) is 14.8 Å². The Morgan fingerprint density at radius 3 is 2.38 bits per heavy atom. The molecule has 0 fully saturated rings. The fourth-order valence-corrected chi connectivity index (χ4v) is 3.01. The Morgan fingerprint density at radius 1 is 1.24 bits per heavy atom. The number of aliphatic carboxylic acids is 1. The fourth-order valence-electron chi connectivity index (χ4n) is 2.09. The minimum absolute atomic E-state index is 0.107. The highest BCUT2D eigenvalue weighted by Crippen LogP contribution is 2.30. The molecule has 0 saturated heterocycles. The molecule has 118 valence electrons. The number of ether oxygens (including phenoxy) is 1. The van der Waals surface area contributed by atoms with Crippen LogP contribution < -0.4 is 9.88 Å². The first-order chi connectivity index (χ1) is 9.64. The van der Waals surface area contributed by atoms with Gasteiger partial charge in [-0.1, -0.05) is 0 Å². The second-order valence-electron chi connectivity index (χ2n) is 5.02. The number of hydrogen-bond acceptors (Lipinski definition) is 4. The summed E-state index contributed by atoms with van der Waals surface area (Å²) in [6.07, 6.45) is 1.29. The number of carboxylic acids is 1. The maximum absolute atomic E-state index is 11.5. The van der Waals surface area contributed by atoms with Gasteiger partial charge < -0.3 is 9.84 Å². The third kappa shape index (κ3) is 4.71. The molecule has 0 amide bonds. The minimum atomic E-state index is -3.75. The zero-order valence-electron chi connectivity index (χ0n) is 12.5. The smallest absolute Gasteiger partial charge is 0.303 e. The van der Waals surface area contributed by atoms with Crippen molar-refractivity contribution in [1.82, 2.24) is 0 Å². The SMILES string of the molecule is Cc1cc(S(N)(=O)=O)c(C)c(C)c1OCCCCC(=O)O. The summed E-state index contributed by atoms with van der Waals surface area (Å²) in [7, 11) is -3.75. The predicted octanol–water partition coefficient (Wildman–Crippen LogP) is 1.89. The molecule has 21 heavy (non-hydrogen) atoms. The first kappa shape index (κ1) is 17.5. The second kappa shape index (κ2) is 6.91. The Labute approximate surface area is 125 Å². The fraction of sp³-hybridized carbons (Fsp3) is 0.500. The van der Waals surface area contributed by atoms with Gasteiger partial charge >= 0.3 is 5.97 Å². The highest BCUT2D eigenvalue weighted by molar-refractivity contribution is 7.89. The molecule has 0 spiro atoms. The molecule has 3 N–H and O–H groups in total. The van der Waals surface area contributed by atoms with E-state index in [0.717, 1.165) is 5.56 Å². The summed E-state index contributed by atoms with van der Waals surface area (Å²) < 4.78 is 28.7. The van der Waals surface area contributed by atoms with E-state index in [1.807, 2.05) is 0 Å². The maximum Gasteiger partial charge on any atom is 0.303 e. The number of hydrogen-bond donors (Lipinski definition) is 2. The van der Waals surface area contributed by atoms with E-state index in [2.05, 4.69) is 0 Å². The van der Waals surface area contributed by atoms with E-state index >= 15 is 0 Å². The molecule has 0 aliphatic rings. The van der Waals surface area contributed by atoms with Crippen molar-refractivity contribution in [1.29, 1.82) is 0 Å². The molecule has 1 aromatic rings. The molecule has 1 aromatic carbocycles. The minimum Gasteiger partial charge on any atom is -0.493 e. The number of carbonyl (C=O) groups is 1. The van der Waals surface area contributed by atoms with Gasteiger partial charge in [-0.15, -0.1) is 0 Å². The molecule has 0 radical (unpaired) electrons. The molecule has 0 aliphatic heterocycles. The summed E-state index contributed by atoms with van der Waals surface area (Å²) in [5.41, 5.74) is 2.00. The number of benzene rings is 1. The van der Waals surface area contributed by atoms with Gasteiger partial charge in [0.2, 0.25) is 10.0 Å². The molecule has 0 bridgehead atoms. The number of nitrogens with two attached hydrogens (primary N) is 1. The first-order valence-corrected chi connectivity index (χ1v) is 8.17. The molecular weight excluding hydrogens is 294 g/mol. The van der Waals surface area contributed by atoms with Gasteiger partial charge in [0.1, 0.15) is 5.75 Å². The monoisotopic (exact) mass is 315 g/mol. The van der Waals surface area contributed by atoms with Gasteiger partial charge in [0.05, 0.1) is 11.5 Å². The third-order valence-corrected chi connectivity index (χ3v) is 4.35. The number of unbranched alkanes of at least 4 members (excludes halogenated alkanes) is 1. The highest BCUT2D eigenvalue weighted by atomic mass is 32.2. The van der Waals surface area contributed by atoms with E-state index in [1.165, 1.54) is 6.07 Å². The molecule has 0 unspecified atom stereocenters. The Kier molecular flexibility index (Phi) is 5.74. The summed E-state index contributed by atoms with van der Waals surface area (Å²) in [6, 6.07) is 1.50. The molecule has 0 aromatic heterocycles. The van der Waals surface area contributed by atoms with Gasteiger partial charge in [0.15, 0.2) is 0 Å². The lowest BCUT2D eigenvalue weighted by Gasteiger charge is -2.16. The van der Waals surface area contributed by atoms with Gasteiger partial charge in [-0.3, -0.25) is 4.79 Å². The van der Waals surface area contributed by atoms with E-state index in [0.29, 0.717) is 36.3 Å². The largest absolute Gasteiger partial charge is 0.493 e. The van der Waals surface area contributed by atoms with Crippen molar-refractivity contribution in [3.8, 4) is 5.75 Å². The number of primary sulfonamides is 1. The molecule has 0 aliphatic carbocycles. The molecular formula is C14H21NO5S. The quantitative estimate of drug-likeness (QED) is 0.747. The van der Waals surface area contributed by atoms with Crippen LogP contribution >= 0.6 is 0 Å². The molecule has 1 rings (SSSR count). The van der Waals surface area contributed by atoms with Crippen LogP contribution in [0.3, 0.4) is 0 Å². The summed E-state index contributed by atoms with van der Waals surface area (Å²) in [5.74, 6) is -0.189. The highest BCUT2D eigenvalue weighted by Gasteiger charge is 2.18. The van der Waals surface area contributed by atoms with Crippen LogP contribution in [0.25, 0.3) is 0 Å². The van der Waals surface area contributed by atoms with Gasteiger partial charge in [-0.2, -0.15) is 0 Å². The molecule has 7 heteroatoms. The van der Waals surface area contributed by atoms with Gasteiger partial charge in [0.25, 0.3) is 0 Å². The van der Waals surface area contributed by atoms with Crippen LogP contribution in [-0.4, -0.2) is 26.1 Å². The molecule has 0 atom stereocenters. The molecule has 0 heterocycles. The van der Waals surface area contributed by atoms with Crippen molar-refractivity contribution in [3.63, 3.8) is 0 Å². The zero-order valence-corrected chi connectivity index (χ0v) is 13.3. The number of aryl methyl sites for hydroxylation is 1. The van der Waals surface area contributed by atoms with Crippen LogP contribution in [0.1, 0.15) is 36.0 Å². The average molecular weight is 315 g/mol. The van der Waals surface area contributed by atoms with Gasteiger partial charge in [0, 0.05) is 6.42 Å². The summed E-state index contributed by atoms with van der Waals surface area (Å²) in [4.78, 5) is 10.5. The predicted molar refractivity (Wildman–Crippen MR) is 79.0 cm³/mol. The van der Waals surface area contributed by atoms with E-state index < -0.39 is 16.0 Å². The maximum atomic E-state index is 11.5. The van der Waals surface area contributed by atoms with Crippen LogP contribution in [0.5, 0.6) is 5.75 Å². The Balaban J connectivity index is 2.86. The summed E-state index contributed by atoms with van der Waals surface area (Å²) >= 11 is 0. The third-order valence-electron chi connectivity index (χ3n) is 3.32. The summed E-state index contributed by atoms with van der Waals surface area (Å²) in [5, 5.41) is 13.7. The van der Waals surface area contributed by atoms with Crippen molar-refractivity contribution in [2.75, 3.05) is 6.61 Å². The Bertz CT molecular complexity index is 637. The standard InChI is InChI=1S/C14H21NO5S/c1-9-8-12(21(15,18)19)10(2)11(3)14(9)20-7-5-4-6-13(16)17/h8H,4-7H2,1-3H3,(H,16,17)(H2,15,18,19). The lowest BCUT2D eigenvalue weighted by molar-refractivity contribution is -0.137. The van der Waals surface area contributed by atoms with E-state index in [-0.39, 0.29) is 11.3 Å². The number of rotatable bonds is 7.